The Morgan fingerprint density at radius 3 is 2.78 bits per heavy atom. The van der Waals surface area contributed by atoms with Crippen molar-refractivity contribution in [2.24, 2.45) is 0 Å². The van der Waals surface area contributed by atoms with Crippen LogP contribution in [-0.2, 0) is 4.74 Å². The molecule has 3 rings (SSSR count). The number of hydrogen-bond donors (Lipinski definition) is 2. The molecule has 0 amide bonds. The highest BCUT2D eigenvalue weighted by molar-refractivity contribution is 7.99. The summed E-state index contributed by atoms with van der Waals surface area (Å²) in [6.07, 6.45) is 0. The number of phenols is 1. The lowest BCUT2D eigenvalue weighted by atomic mass is 10.1. The Kier molecular flexibility index (Phi) is 5.88. The molecule has 0 spiro atoms. The molecule has 1 heterocycles. The van der Waals surface area contributed by atoms with Gasteiger partial charge in [-0.1, -0.05) is 35.5 Å². The van der Waals surface area contributed by atoms with E-state index in [2.05, 4.69) is 15.4 Å². The molecule has 0 fully saturated rings. The molecule has 3 aromatic rings. The van der Waals surface area contributed by atoms with Crippen LogP contribution < -0.4 is 4.74 Å². The van der Waals surface area contributed by atoms with E-state index in [1.165, 1.54) is 11.8 Å². The highest BCUT2D eigenvalue weighted by Gasteiger charge is 2.24. The molecule has 0 aliphatic carbocycles. The van der Waals surface area contributed by atoms with Gasteiger partial charge in [-0.05, 0) is 31.2 Å². The zero-order valence-corrected chi connectivity index (χ0v) is 16.1. The van der Waals surface area contributed by atoms with E-state index in [4.69, 9.17) is 21.1 Å². The molecule has 0 bridgehead atoms. The van der Waals surface area contributed by atoms with E-state index in [9.17, 15) is 9.90 Å². The van der Waals surface area contributed by atoms with Crippen LogP contribution in [0.15, 0.2) is 46.2 Å². The molecule has 1 aromatic heterocycles. The van der Waals surface area contributed by atoms with Gasteiger partial charge in [-0.2, -0.15) is 10.3 Å². The second kappa shape index (κ2) is 8.32. The van der Waals surface area contributed by atoms with Crippen LogP contribution in [0.5, 0.6) is 11.5 Å². The minimum Gasteiger partial charge on any atom is -0.507 e. The van der Waals surface area contributed by atoms with E-state index in [-0.39, 0.29) is 34.3 Å². The molecular formula is C18H16ClN3O4S. The van der Waals surface area contributed by atoms with Gasteiger partial charge < -0.3 is 14.6 Å². The number of rotatable bonds is 6. The van der Waals surface area contributed by atoms with Crippen LogP contribution in [0.2, 0.25) is 5.02 Å². The van der Waals surface area contributed by atoms with E-state index in [0.29, 0.717) is 10.6 Å². The van der Waals surface area contributed by atoms with E-state index < -0.39 is 5.97 Å². The van der Waals surface area contributed by atoms with Gasteiger partial charge in [0.15, 0.2) is 5.69 Å². The number of halogens is 1. The number of nitrogens with one attached hydrogen (secondary N) is 1. The first-order chi connectivity index (χ1) is 13.0. The summed E-state index contributed by atoms with van der Waals surface area (Å²) in [6.45, 7) is 1.88. The van der Waals surface area contributed by atoms with Crippen LogP contribution in [0.4, 0.5) is 0 Å². The third kappa shape index (κ3) is 4.01. The zero-order chi connectivity index (χ0) is 19.4. The Bertz CT molecular complexity index is 954. The number of methoxy groups -OCH3 is 1. The Balaban J connectivity index is 1.97. The highest BCUT2D eigenvalue weighted by Crippen LogP contribution is 2.42. The normalized spacial score (nSPS) is 10.6. The minimum absolute atomic E-state index is 0.0424. The average molecular weight is 406 g/mol. The first-order valence-corrected chi connectivity index (χ1v) is 9.16. The number of esters is 1. The SMILES string of the molecule is CCOC(=O)c1n[nH]nc1-c1c(O)cc(Sc2ccccc2OC)cc1Cl. The molecule has 0 saturated carbocycles. The van der Waals surface area contributed by atoms with Crippen molar-refractivity contribution in [3.63, 3.8) is 0 Å². The van der Waals surface area contributed by atoms with Crippen LogP contribution >= 0.6 is 23.4 Å². The Labute approximate surface area is 164 Å². The van der Waals surface area contributed by atoms with Crippen molar-refractivity contribution >= 4 is 29.3 Å². The molecule has 0 saturated heterocycles. The molecule has 0 atom stereocenters. The number of nitrogens with zero attached hydrogens (tertiary/aromatic N) is 2. The maximum Gasteiger partial charge on any atom is 0.361 e. The van der Waals surface area contributed by atoms with Gasteiger partial charge in [0.1, 0.15) is 17.2 Å². The molecule has 7 nitrogen and oxygen atoms in total. The quantitative estimate of drug-likeness (QED) is 0.594. The van der Waals surface area contributed by atoms with Gasteiger partial charge in [0.2, 0.25) is 0 Å². The van der Waals surface area contributed by atoms with Crippen molar-refractivity contribution in [2.75, 3.05) is 13.7 Å². The maximum atomic E-state index is 12.0. The Morgan fingerprint density at radius 1 is 1.30 bits per heavy atom. The molecule has 2 N–H and O–H groups in total. The van der Waals surface area contributed by atoms with Crippen molar-refractivity contribution in [1.82, 2.24) is 15.4 Å². The number of para-hydroxylation sites is 1. The van der Waals surface area contributed by atoms with Crippen LogP contribution in [0, 0.1) is 0 Å². The second-order valence-corrected chi connectivity index (χ2v) is 6.82. The topological polar surface area (TPSA) is 97.3 Å². The second-order valence-electron chi connectivity index (χ2n) is 5.29. The number of carbonyl (C=O) groups is 1. The van der Waals surface area contributed by atoms with Crippen molar-refractivity contribution in [3.8, 4) is 22.8 Å². The number of aromatic nitrogens is 3. The summed E-state index contributed by atoms with van der Waals surface area (Å²) in [5.41, 5.74) is 0.293. The third-order valence-corrected chi connectivity index (χ3v) is 4.92. The zero-order valence-electron chi connectivity index (χ0n) is 14.5. The predicted octanol–water partition coefficient (Wildman–Crippen LogP) is 4.17. The van der Waals surface area contributed by atoms with Gasteiger partial charge >= 0.3 is 5.97 Å². The first-order valence-electron chi connectivity index (χ1n) is 7.96. The summed E-state index contributed by atoms with van der Waals surface area (Å²) in [5.74, 6) is -0.0631. The van der Waals surface area contributed by atoms with Crippen LogP contribution in [-0.4, -0.2) is 40.2 Å². The van der Waals surface area contributed by atoms with Gasteiger partial charge in [0.25, 0.3) is 0 Å². The van der Waals surface area contributed by atoms with E-state index in [0.717, 1.165) is 4.90 Å². The lowest BCUT2D eigenvalue weighted by molar-refractivity contribution is 0.0520. The standard InChI is InChI=1S/C18H16ClN3O4S/c1-3-26-18(24)17-16(20-22-21-17)15-11(19)8-10(9-12(15)23)27-14-7-5-4-6-13(14)25-2/h4-9,23H,3H2,1-2H3,(H,20,21,22). The monoisotopic (exact) mass is 405 g/mol. The van der Waals surface area contributed by atoms with Crippen LogP contribution in [0.3, 0.4) is 0 Å². The summed E-state index contributed by atoms with van der Waals surface area (Å²) >= 11 is 7.77. The van der Waals surface area contributed by atoms with Gasteiger partial charge in [-0.25, -0.2) is 4.79 Å². The molecule has 2 aromatic carbocycles. The van der Waals surface area contributed by atoms with Crippen molar-refractivity contribution in [3.05, 3.63) is 47.1 Å². The van der Waals surface area contributed by atoms with E-state index >= 15 is 0 Å². The Morgan fingerprint density at radius 2 is 2.07 bits per heavy atom. The fourth-order valence-corrected chi connectivity index (χ4v) is 3.81. The minimum atomic E-state index is -0.649. The summed E-state index contributed by atoms with van der Waals surface area (Å²) in [4.78, 5) is 13.6. The molecule has 27 heavy (non-hydrogen) atoms. The number of benzene rings is 2. The first kappa shape index (κ1) is 19.1. The average Bonchev–Trinajstić information content (AvgIpc) is 3.11. The smallest absolute Gasteiger partial charge is 0.361 e. The summed E-state index contributed by atoms with van der Waals surface area (Å²) in [6, 6.07) is 10.7. The van der Waals surface area contributed by atoms with E-state index in [1.807, 2.05) is 24.3 Å². The van der Waals surface area contributed by atoms with Gasteiger partial charge in [0.05, 0.1) is 29.2 Å². The van der Waals surface area contributed by atoms with E-state index in [1.54, 1.807) is 26.2 Å². The third-order valence-electron chi connectivity index (χ3n) is 3.59. The maximum absolute atomic E-state index is 12.0. The number of ether oxygens (including phenoxy) is 2. The molecule has 140 valence electrons. The van der Waals surface area contributed by atoms with Crippen molar-refractivity contribution in [2.45, 2.75) is 16.7 Å². The summed E-state index contributed by atoms with van der Waals surface area (Å²) in [5, 5.41) is 20.9. The van der Waals surface area contributed by atoms with Crippen molar-refractivity contribution in [1.29, 1.82) is 0 Å². The number of carbonyl (C=O) groups excluding carboxylic acids is 1. The van der Waals surface area contributed by atoms with Crippen molar-refractivity contribution < 1.29 is 19.4 Å². The molecule has 0 aliphatic heterocycles. The van der Waals surface area contributed by atoms with Gasteiger partial charge in [-0.15, -0.1) is 5.10 Å². The molecule has 0 radical (unpaired) electrons. The number of phenolic OH excluding ortho intramolecular Hbond substituents is 1. The number of aromatic hydroxyl groups is 1. The summed E-state index contributed by atoms with van der Waals surface area (Å²) in [7, 11) is 1.59. The number of H-pyrrole nitrogens is 1. The Hall–Kier alpha value is -2.71. The summed E-state index contributed by atoms with van der Waals surface area (Å²) < 4.78 is 10.3. The van der Waals surface area contributed by atoms with Crippen LogP contribution in [0.25, 0.3) is 11.3 Å². The highest BCUT2D eigenvalue weighted by atomic mass is 35.5. The molecule has 9 heteroatoms. The number of aromatic amines is 1. The lowest BCUT2D eigenvalue weighted by Crippen LogP contribution is -2.07. The van der Waals surface area contributed by atoms with Gasteiger partial charge in [0, 0.05) is 4.90 Å². The van der Waals surface area contributed by atoms with Crippen LogP contribution in [0.1, 0.15) is 17.4 Å². The predicted molar refractivity (Wildman–Crippen MR) is 102 cm³/mol. The molecular weight excluding hydrogens is 390 g/mol. The number of hydrogen-bond acceptors (Lipinski definition) is 7. The fraction of sp³-hybridized carbons (Fsp3) is 0.167. The van der Waals surface area contributed by atoms with Gasteiger partial charge in [-0.3, -0.25) is 0 Å². The molecule has 0 aliphatic rings. The molecule has 0 unspecified atom stereocenters. The fourth-order valence-electron chi connectivity index (χ4n) is 2.44. The lowest BCUT2D eigenvalue weighted by Gasteiger charge is -2.11. The largest absolute Gasteiger partial charge is 0.507 e.